The van der Waals surface area contributed by atoms with Gasteiger partial charge in [-0.25, -0.2) is 12.4 Å². The zero-order valence-corrected chi connectivity index (χ0v) is 13.5. The lowest BCUT2D eigenvalue weighted by atomic mass is 10.1. The Morgan fingerprint density at radius 2 is 2.09 bits per heavy atom. The molecule has 1 aliphatic rings. The van der Waals surface area contributed by atoms with E-state index >= 15 is 0 Å². The van der Waals surface area contributed by atoms with Crippen LogP contribution in [0.5, 0.6) is 0 Å². The van der Waals surface area contributed by atoms with Crippen LogP contribution in [0.4, 0.5) is 5.69 Å². The van der Waals surface area contributed by atoms with Crippen LogP contribution in [0, 0.1) is 10.1 Å². The lowest BCUT2D eigenvalue weighted by Crippen LogP contribution is -2.20. The molecule has 0 unspecified atom stereocenters. The lowest BCUT2D eigenvalue weighted by Gasteiger charge is -2.13. The number of nitro benzene ring substituents is 1. The van der Waals surface area contributed by atoms with Gasteiger partial charge in [0.05, 0.1) is 22.4 Å². The van der Waals surface area contributed by atoms with Gasteiger partial charge >= 0.3 is 0 Å². The van der Waals surface area contributed by atoms with Gasteiger partial charge in [0.25, 0.3) is 5.69 Å². The minimum atomic E-state index is -3.54. The van der Waals surface area contributed by atoms with Crippen molar-refractivity contribution in [3.8, 4) is 0 Å². The molecular weight excluding hydrogens is 330 g/mol. The monoisotopic (exact) mass is 345 g/mol. The number of halogens is 1. The molecule has 22 heavy (non-hydrogen) atoms. The Kier molecular flexibility index (Phi) is 4.46. The van der Waals surface area contributed by atoms with Crippen molar-refractivity contribution in [1.82, 2.24) is 9.29 Å². The number of hydrogen-bond donors (Lipinski definition) is 1. The molecule has 1 aliphatic heterocycles. The fraction of sp³-hybridized carbons (Fsp3) is 0.385. The van der Waals surface area contributed by atoms with Gasteiger partial charge in [-0.3, -0.25) is 10.1 Å². The van der Waals surface area contributed by atoms with E-state index in [1.54, 1.807) is 12.1 Å². The summed E-state index contributed by atoms with van der Waals surface area (Å²) in [6.07, 6.45) is 2.95. The van der Waals surface area contributed by atoms with Crippen LogP contribution in [0.2, 0.25) is 0 Å². The zero-order chi connectivity index (χ0) is 15.2. The average molecular weight is 346 g/mol. The minimum absolute atomic E-state index is 0. The molecule has 1 aromatic carbocycles. The van der Waals surface area contributed by atoms with E-state index in [4.69, 9.17) is 0 Å². The normalized spacial score (nSPS) is 18.3. The van der Waals surface area contributed by atoms with Crippen LogP contribution < -0.4 is 5.32 Å². The van der Waals surface area contributed by atoms with Crippen LogP contribution in [-0.2, 0) is 10.0 Å². The van der Waals surface area contributed by atoms with Gasteiger partial charge in [0.2, 0.25) is 10.0 Å². The number of nitrogens with zero attached hydrogens (tertiary/aromatic N) is 2. The molecule has 0 radical (unpaired) electrons. The average Bonchev–Trinajstić information content (AvgIpc) is 3.03. The van der Waals surface area contributed by atoms with Gasteiger partial charge in [-0.15, -0.1) is 12.4 Å². The number of nitro groups is 1. The Hall–Kier alpha value is -1.64. The summed E-state index contributed by atoms with van der Waals surface area (Å²) in [5.74, 6) is 0. The second-order valence-corrected chi connectivity index (χ2v) is 7.08. The quantitative estimate of drug-likeness (QED) is 0.679. The first kappa shape index (κ1) is 16.7. The Morgan fingerprint density at radius 3 is 2.64 bits per heavy atom. The molecule has 0 saturated carbocycles. The number of fused-ring (bicyclic) bond motifs is 1. The van der Waals surface area contributed by atoms with E-state index in [1.165, 1.54) is 16.1 Å². The van der Waals surface area contributed by atoms with E-state index in [0.717, 1.165) is 25.6 Å². The molecule has 120 valence electrons. The number of nitrogens with one attached hydrogen (secondary N) is 1. The van der Waals surface area contributed by atoms with Gasteiger partial charge in [-0.1, -0.05) is 0 Å². The maximum absolute atomic E-state index is 12.1. The SMILES string of the molecule is CS(=O)(=O)n1c([C@H]2CCCN2)cc2ccc([N+](=O)[O-])cc21.Cl. The summed E-state index contributed by atoms with van der Waals surface area (Å²) in [6, 6.07) is 6.05. The molecule has 0 amide bonds. The van der Waals surface area contributed by atoms with Crippen molar-refractivity contribution < 1.29 is 13.3 Å². The molecule has 0 aliphatic carbocycles. The van der Waals surface area contributed by atoms with Gasteiger partial charge in [0.1, 0.15) is 0 Å². The first-order valence-electron chi connectivity index (χ1n) is 6.61. The minimum Gasteiger partial charge on any atom is -0.309 e. The van der Waals surface area contributed by atoms with Crippen LogP contribution in [-0.4, -0.2) is 30.1 Å². The van der Waals surface area contributed by atoms with Gasteiger partial charge in [0.15, 0.2) is 0 Å². The van der Waals surface area contributed by atoms with Crippen LogP contribution in [0.1, 0.15) is 24.6 Å². The number of non-ortho nitro benzene ring substituents is 1. The first-order chi connectivity index (χ1) is 9.88. The Labute approximate surface area is 133 Å². The summed E-state index contributed by atoms with van der Waals surface area (Å²) in [6.45, 7) is 0.843. The van der Waals surface area contributed by atoms with Crippen molar-refractivity contribution in [3.63, 3.8) is 0 Å². The number of benzene rings is 1. The van der Waals surface area contributed by atoms with Gasteiger partial charge in [0, 0.05) is 23.6 Å². The van der Waals surface area contributed by atoms with Crippen molar-refractivity contribution in [2.24, 2.45) is 0 Å². The molecule has 2 heterocycles. The largest absolute Gasteiger partial charge is 0.309 e. The predicted octanol–water partition coefficient (Wildman–Crippen LogP) is 2.20. The maximum Gasteiger partial charge on any atom is 0.271 e. The summed E-state index contributed by atoms with van der Waals surface area (Å²) in [5, 5.41) is 14.9. The maximum atomic E-state index is 12.1. The number of rotatable bonds is 3. The molecular formula is C13H16ClN3O4S. The van der Waals surface area contributed by atoms with Crippen LogP contribution in [0.15, 0.2) is 24.3 Å². The topological polar surface area (TPSA) is 94.2 Å². The van der Waals surface area contributed by atoms with Gasteiger partial charge in [-0.2, -0.15) is 0 Å². The highest BCUT2D eigenvalue weighted by atomic mass is 35.5. The number of aromatic nitrogens is 1. The van der Waals surface area contributed by atoms with E-state index in [-0.39, 0.29) is 24.1 Å². The predicted molar refractivity (Wildman–Crippen MR) is 86.1 cm³/mol. The third-order valence-electron chi connectivity index (χ3n) is 3.73. The van der Waals surface area contributed by atoms with Crippen molar-refractivity contribution in [2.45, 2.75) is 18.9 Å². The molecule has 1 saturated heterocycles. The van der Waals surface area contributed by atoms with E-state index in [1.807, 2.05) is 0 Å². The Bertz CT molecular complexity index is 825. The molecule has 1 N–H and O–H groups in total. The summed E-state index contributed by atoms with van der Waals surface area (Å²) in [5.41, 5.74) is 0.886. The molecule has 0 bridgehead atoms. The van der Waals surface area contributed by atoms with Crippen molar-refractivity contribution in [2.75, 3.05) is 12.8 Å². The van der Waals surface area contributed by atoms with Crippen LogP contribution in [0.25, 0.3) is 10.9 Å². The van der Waals surface area contributed by atoms with E-state index in [9.17, 15) is 18.5 Å². The fourth-order valence-corrected chi connectivity index (χ4v) is 3.93. The molecule has 7 nitrogen and oxygen atoms in total. The smallest absolute Gasteiger partial charge is 0.271 e. The van der Waals surface area contributed by atoms with Crippen molar-refractivity contribution in [1.29, 1.82) is 0 Å². The molecule has 1 fully saturated rings. The second-order valence-electron chi connectivity index (χ2n) is 5.25. The molecule has 3 rings (SSSR count). The lowest BCUT2D eigenvalue weighted by molar-refractivity contribution is -0.384. The van der Waals surface area contributed by atoms with E-state index in [0.29, 0.717) is 16.6 Å². The third-order valence-corrected chi connectivity index (χ3v) is 4.80. The van der Waals surface area contributed by atoms with Crippen molar-refractivity contribution >= 4 is 39.0 Å². The van der Waals surface area contributed by atoms with Crippen molar-refractivity contribution in [3.05, 3.63) is 40.1 Å². The van der Waals surface area contributed by atoms with E-state index < -0.39 is 14.9 Å². The van der Waals surface area contributed by atoms with Gasteiger partial charge in [-0.05, 0) is 31.5 Å². The standard InChI is InChI=1S/C13H15N3O4S.ClH/c1-21(19,20)15-12-8-10(16(17)18)5-4-9(12)7-13(15)11-3-2-6-14-11;/h4-5,7-8,11,14H,2-3,6H2,1H3;1H/t11-;/m1./s1. The molecule has 1 aromatic heterocycles. The highest BCUT2D eigenvalue weighted by molar-refractivity contribution is 7.89. The molecule has 0 spiro atoms. The van der Waals surface area contributed by atoms with Crippen LogP contribution >= 0.6 is 12.4 Å². The Balaban J connectivity index is 0.00000176. The fourth-order valence-electron chi connectivity index (χ4n) is 2.85. The van der Waals surface area contributed by atoms with Crippen LogP contribution in [0.3, 0.4) is 0 Å². The Morgan fingerprint density at radius 1 is 1.36 bits per heavy atom. The highest BCUT2D eigenvalue weighted by Crippen LogP contribution is 2.32. The summed E-state index contributed by atoms with van der Waals surface area (Å²) in [4.78, 5) is 10.4. The van der Waals surface area contributed by atoms with E-state index in [2.05, 4.69) is 5.32 Å². The van der Waals surface area contributed by atoms with Gasteiger partial charge < -0.3 is 5.32 Å². The molecule has 1 atom stereocenters. The highest BCUT2D eigenvalue weighted by Gasteiger charge is 2.26. The summed E-state index contributed by atoms with van der Waals surface area (Å²) < 4.78 is 25.5. The first-order valence-corrected chi connectivity index (χ1v) is 8.46. The summed E-state index contributed by atoms with van der Waals surface area (Å²) in [7, 11) is -3.54. The zero-order valence-electron chi connectivity index (χ0n) is 11.9. The third kappa shape index (κ3) is 2.81. The molecule has 2 aromatic rings. The second kappa shape index (κ2) is 5.86. The number of hydrogen-bond acceptors (Lipinski definition) is 5. The summed E-state index contributed by atoms with van der Waals surface area (Å²) >= 11 is 0. The molecule has 9 heteroatoms.